The Bertz CT molecular complexity index is 473. The maximum Gasteiger partial charge on any atom is 0.127 e. The van der Waals surface area contributed by atoms with Crippen molar-refractivity contribution in [3.63, 3.8) is 0 Å². The van der Waals surface area contributed by atoms with E-state index in [1.807, 2.05) is 19.1 Å². The maximum atomic E-state index is 4.36. The van der Waals surface area contributed by atoms with Gasteiger partial charge in [-0.3, -0.25) is 0 Å². The smallest absolute Gasteiger partial charge is 0.127 e. The highest BCUT2D eigenvalue weighted by Gasteiger charge is 2.00. The first kappa shape index (κ1) is 11.1. The van der Waals surface area contributed by atoms with Gasteiger partial charge in [-0.2, -0.15) is 15.0 Å². The molecule has 2 heterocycles. The van der Waals surface area contributed by atoms with E-state index in [0.29, 0.717) is 6.54 Å². The lowest BCUT2D eigenvalue weighted by molar-refractivity contribution is 0.646. The van der Waals surface area contributed by atoms with Crippen molar-refractivity contribution in [2.75, 3.05) is 5.32 Å². The van der Waals surface area contributed by atoms with Crippen LogP contribution in [-0.2, 0) is 13.6 Å². The largest absolute Gasteiger partial charge is 0.364 e. The molecule has 1 N–H and O–H groups in total. The Balaban J connectivity index is 2.04. The van der Waals surface area contributed by atoms with Crippen LogP contribution in [0.4, 0.5) is 5.82 Å². The SMILES string of the molecule is Cc1cc(Br)cc(NCc2cnn(C)n2)n1. The predicted molar refractivity (Wildman–Crippen MR) is 65.0 cm³/mol. The Hall–Kier alpha value is -1.43. The molecule has 0 spiro atoms. The quantitative estimate of drug-likeness (QED) is 0.934. The van der Waals surface area contributed by atoms with Crippen molar-refractivity contribution in [1.29, 1.82) is 0 Å². The van der Waals surface area contributed by atoms with Crippen molar-refractivity contribution in [2.24, 2.45) is 7.05 Å². The highest BCUT2D eigenvalue weighted by Crippen LogP contribution is 2.15. The van der Waals surface area contributed by atoms with Crippen molar-refractivity contribution in [1.82, 2.24) is 20.0 Å². The lowest BCUT2D eigenvalue weighted by atomic mass is 10.3. The molecule has 0 unspecified atom stereocenters. The molecule has 0 saturated carbocycles. The van der Waals surface area contributed by atoms with Crippen molar-refractivity contribution in [3.8, 4) is 0 Å². The van der Waals surface area contributed by atoms with E-state index in [1.54, 1.807) is 13.2 Å². The highest BCUT2D eigenvalue weighted by molar-refractivity contribution is 9.10. The lowest BCUT2D eigenvalue weighted by Gasteiger charge is -2.04. The van der Waals surface area contributed by atoms with E-state index >= 15 is 0 Å². The van der Waals surface area contributed by atoms with Gasteiger partial charge in [0.2, 0.25) is 0 Å². The summed E-state index contributed by atoms with van der Waals surface area (Å²) >= 11 is 3.43. The van der Waals surface area contributed by atoms with Gasteiger partial charge in [-0.05, 0) is 19.1 Å². The fourth-order valence-corrected chi connectivity index (χ4v) is 1.91. The standard InChI is InChI=1S/C10H12BrN5/c1-7-3-8(11)4-10(14-7)12-5-9-6-13-16(2)15-9/h3-4,6H,5H2,1-2H3,(H,12,14). The lowest BCUT2D eigenvalue weighted by Crippen LogP contribution is -2.03. The summed E-state index contributed by atoms with van der Waals surface area (Å²) in [5.41, 5.74) is 1.86. The monoisotopic (exact) mass is 281 g/mol. The molecular formula is C10H12BrN5. The summed E-state index contributed by atoms with van der Waals surface area (Å²) in [7, 11) is 1.80. The number of rotatable bonds is 3. The number of nitrogens with one attached hydrogen (secondary N) is 1. The maximum absolute atomic E-state index is 4.36. The molecule has 0 atom stereocenters. The Morgan fingerprint density at radius 2 is 2.25 bits per heavy atom. The molecule has 2 rings (SSSR count). The summed E-state index contributed by atoms with van der Waals surface area (Å²) in [5, 5.41) is 11.4. The molecule has 0 aliphatic heterocycles. The third-order valence-electron chi connectivity index (χ3n) is 2.02. The van der Waals surface area contributed by atoms with Crippen molar-refractivity contribution < 1.29 is 0 Å². The zero-order chi connectivity index (χ0) is 11.5. The second-order valence-electron chi connectivity index (χ2n) is 3.49. The van der Waals surface area contributed by atoms with E-state index in [1.165, 1.54) is 4.80 Å². The zero-order valence-electron chi connectivity index (χ0n) is 9.11. The van der Waals surface area contributed by atoms with Gasteiger partial charge in [0.15, 0.2) is 0 Å². The van der Waals surface area contributed by atoms with E-state index in [-0.39, 0.29) is 0 Å². The summed E-state index contributed by atoms with van der Waals surface area (Å²) in [6, 6.07) is 3.90. The molecule has 16 heavy (non-hydrogen) atoms. The first-order valence-corrected chi connectivity index (χ1v) is 5.66. The fraction of sp³-hybridized carbons (Fsp3) is 0.300. The number of hydrogen-bond acceptors (Lipinski definition) is 4. The zero-order valence-corrected chi connectivity index (χ0v) is 10.7. The van der Waals surface area contributed by atoms with Gasteiger partial charge in [0, 0.05) is 17.2 Å². The minimum Gasteiger partial charge on any atom is -0.364 e. The Morgan fingerprint density at radius 1 is 1.44 bits per heavy atom. The molecule has 0 bridgehead atoms. The minimum absolute atomic E-state index is 0.622. The van der Waals surface area contributed by atoms with E-state index in [2.05, 4.69) is 36.4 Å². The number of nitrogens with zero attached hydrogens (tertiary/aromatic N) is 4. The molecule has 0 saturated heterocycles. The van der Waals surface area contributed by atoms with Gasteiger partial charge < -0.3 is 5.32 Å². The van der Waals surface area contributed by atoms with Crippen molar-refractivity contribution in [3.05, 3.63) is 34.2 Å². The van der Waals surface area contributed by atoms with Gasteiger partial charge in [0.05, 0.1) is 12.7 Å². The number of aromatic nitrogens is 4. The molecule has 2 aromatic rings. The van der Waals surface area contributed by atoms with Gasteiger partial charge in [-0.1, -0.05) is 15.9 Å². The highest BCUT2D eigenvalue weighted by atomic mass is 79.9. The molecule has 0 aliphatic carbocycles. The van der Waals surface area contributed by atoms with E-state index in [9.17, 15) is 0 Å². The second-order valence-corrected chi connectivity index (χ2v) is 4.41. The second kappa shape index (κ2) is 4.61. The molecule has 84 valence electrons. The van der Waals surface area contributed by atoms with Crippen LogP contribution in [0.5, 0.6) is 0 Å². The van der Waals surface area contributed by atoms with Crippen molar-refractivity contribution >= 4 is 21.7 Å². The van der Waals surface area contributed by atoms with Crippen LogP contribution in [0.3, 0.4) is 0 Å². The van der Waals surface area contributed by atoms with E-state index in [4.69, 9.17) is 0 Å². The third-order valence-corrected chi connectivity index (χ3v) is 2.47. The van der Waals surface area contributed by atoms with Crippen LogP contribution in [0, 0.1) is 6.92 Å². The molecule has 6 heteroatoms. The van der Waals surface area contributed by atoms with Gasteiger partial charge in [0.25, 0.3) is 0 Å². The summed E-state index contributed by atoms with van der Waals surface area (Å²) < 4.78 is 1.02. The molecule has 2 aromatic heterocycles. The first-order chi connectivity index (χ1) is 7.63. The van der Waals surface area contributed by atoms with Crippen LogP contribution in [0.25, 0.3) is 0 Å². The Labute approximate surface area is 102 Å². The van der Waals surface area contributed by atoms with Gasteiger partial charge in [0.1, 0.15) is 11.5 Å². The molecule has 0 fully saturated rings. The molecule has 0 aliphatic rings. The number of aryl methyl sites for hydroxylation is 2. The van der Waals surface area contributed by atoms with Crippen LogP contribution in [0.2, 0.25) is 0 Å². The summed E-state index contributed by atoms with van der Waals surface area (Å²) in [5.74, 6) is 0.831. The summed E-state index contributed by atoms with van der Waals surface area (Å²) in [4.78, 5) is 5.90. The number of halogens is 1. The molecule has 0 radical (unpaired) electrons. The number of anilines is 1. The van der Waals surface area contributed by atoms with Gasteiger partial charge in [-0.15, -0.1) is 0 Å². The number of hydrogen-bond donors (Lipinski definition) is 1. The normalized spacial score (nSPS) is 10.4. The molecule has 5 nitrogen and oxygen atoms in total. The topological polar surface area (TPSA) is 55.6 Å². The third kappa shape index (κ3) is 2.79. The average Bonchev–Trinajstić information content (AvgIpc) is 2.60. The van der Waals surface area contributed by atoms with Gasteiger partial charge in [-0.25, -0.2) is 4.98 Å². The summed E-state index contributed by atoms with van der Waals surface area (Å²) in [6.07, 6.45) is 1.73. The Morgan fingerprint density at radius 3 is 2.88 bits per heavy atom. The van der Waals surface area contributed by atoms with Gasteiger partial charge >= 0.3 is 0 Å². The molecule has 0 aromatic carbocycles. The Kier molecular flexibility index (Phi) is 3.19. The van der Waals surface area contributed by atoms with Crippen LogP contribution in [0.1, 0.15) is 11.4 Å². The minimum atomic E-state index is 0.622. The van der Waals surface area contributed by atoms with Crippen LogP contribution < -0.4 is 5.32 Å². The van der Waals surface area contributed by atoms with Crippen molar-refractivity contribution in [2.45, 2.75) is 13.5 Å². The molecule has 0 amide bonds. The number of pyridine rings is 1. The predicted octanol–water partition coefficient (Wildman–Crippen LogP) is 1.89. The first-order valence-electron chi connectivity index (χ1n) is 4.87. The fourth-order valence-electron chi connectivity index (χ4n) is 1.37. The molecular weight excluding hydrogens is 270 g/mol. The van der Waals surface area contributed by atoms with E-state index in [0.717, 1.165) is 21.7 Å². The van der Waals surface area contributed by atoms with Crippen LogP contribution in [0.15, 0.2) is 22.8 Å². The van der Waals surface area contributed by atoms with Crippen LogP contribution in [-0.4, -0.2) is 20.0 Å². The summed E-state index contributed by atoms with van der Waals surface area (Å²) in [6.45, 7) is 2.58. The average molecular weight is 282 g/mol. The van der Waals surface area contributed by atoms with Crippen LogP contribution >= 0.6 is 15.9 Å². The van der Waals surface area contributed by atoms with E-state index < -0.39 is 0 Å².